The molecular weight excluding hydrogens is 659 g/mol. The van der Waals surface area contributed by atoms with E-state index in [2.05, 4.69) is 15.6 Å². The predicted molar refractivity (Wildman–Crippen MR) is 177 cm³/mol. The van der Waals surface area contributed by atoms with Crippen LogP contribution in [0.15, 0.2) is 47.5 Å². The molecule has 15 heteroatoms. The Bertz CT molecular complexity index is 1820. The van der Waals surface area contributed by atoms with E-state index >= 15 is 0 Å². The topological polar surface area (TPSA) is 148 Å². The van der Waals surface area contributed by atoms with Crippen molar-refractivity contribution in [3.8, 4) is 0 Å². The van der Waals surface area contributed by atoms with E-state index in [1.807, 2.05) is 11.5 Å². The van der Waals surface area contributed by atoms with Crippen LogP contribution >= 0.6 is 34.8 Å². The van der Waals surface area contributed by atoms with Crippen LogP contribution in [0.2, 0.25) is 15.1 Å². The minimum absolute atomic E-state index is 0.0366. The number of imidazole rings is 1. The molecule has 0 bridgehead atoms. The third-order valence-corrected chi connectivity index (χ3v) is 11.2. The first kappa shape index (κ1) is 31.8. The summed E-state index contributed by atoms with van der Waals surface area (Å²) in [6.45, 7) is 2.65. The molecule has 1 saturated carbocycles. The zero-order chi connectivity index (χ0) is 31.9. The molecule has 45 heavy (non-hydrogen) atoms. The normalized spacial score (nSPS) is 21.1. The van der Waals surface area contributed by atoms with Crippen LogP contribution in [0.5, 0.6) is 0 Å². The first-order valence-corrected chi connectivity index (χ1v) is 17.4. The fraction of sp³-hybridized carbons (Fsp3) is 0.400. The second-order valence-corrected chi connectivity index (χ2v) is 14.8. The molecule has 1 aliphatic heterocycles. The van der Waals surface area contributed by atoms with E-state index in [0.717, 1.165) is 12.0 Å². The van der Waals surface area contributed by atoms with Gasteiger partial charge in [-0.2, -0.15) is 9.29 Å². The summed E-state index contributed by atoms with van der Waals surface area (Å²) < 4.78 is 30.2. The lowest BCUT2D eigenvalue weighted by Gasteiger charge is -2.32. The SMILES string of the molecule is Cc1ccc(S(=O)(=O)N2CCCC(Nc3ncc4nc(Nc5c(Cl)cc(Cl)cc5Cl)n([C@H]5CC[C@@H](C(N)=O)CC5)c4n3)C2)cc1. The summed E-state index contributed by atoms with van der Waals surface area (Å²) in [5.41, 5.74) is 8.18. The second-order valence-electron chi connectivity index (χ2n) is 11.6. The Morgan fingerprint density at radius 3 is 2.36 bits per heavy atom. The van der Waals surface area contributed by atoms with Crippen LogP contribution in [-0.4, -0.2) is 57.3 Å². The Morgan fingerprint density at radius 1 is 1.00 bits per heavy atom. The van der Waals surface area contributed by atoms with Gasteiger partial charge >= 0.3 is 0 Å². The van der Waals surface area contributed by atoms with Gasteiger partial charge in [-0.3, -0.25) is 9.36 Å². The Hall–Kier alpha value is -3.16. The van der Waals surface area contributed by atoms with Crippen LogP contribution < -0.4 is 16.4 Å². The van der Waals surface area contributed by atoms with E-state index in [4.69, 9.17) is 50.5 Å². The summed E-state index contributed by atoms with van der Waals surface area (Å²) in [6.07, 6.45) is 5.77. The van der Waals surface area contributed by atoms with Gasteiger partial charge in [0.15, 0.2) is 5.65 Å². The second kappa shape index (κ2) is 12.9. The molecule has 1 amide bonds. The molecule has 4 N–H and O–H groups in total. The summed E-state index contributed by atoms with van der Waals surface area (Å²) in [4.78, 5) is 26.3. The molecule has 1 unspecified atom stereocenters. The number of nitrogens with one attached hydrogen (secondary N) is 2. The molecule has 2 fully saturated rings. The third kappa shape index (κ3) is 6.71. The lowest BCUT2D eigenvalue weighted by molar-refractivity contribution is -0.122. The number of amides is 1. The Morgan fingerprint density at radius 2 is 1.69 bits per heavy atom. The van der Waals surface area contributed by atoms with Crippen LogP contribution in [0.1, 0.15) is 50.1 Å². The number of anilines is 3. The highest BCUT2D eigenvalue weighted by molar-refractivity contribution is 7.89. The number of primary amides is 1. The smallest absolute Gasteiger partial charge is 0.243 e. The first-order valence-electron chi connectivity index (χ1n) is 14.8. The Labute approximate surface area is 276 Å². The zero-order valence-electron chi connectivity index (χ0n) is 24.5. The molecular formula is C30H33Cl3N8O3S. The number of hydrogen-bond acceptors (Lipinski definition) is 8. The lowest BCUT2D eigenvalue weighted by Crippen LogP contribution is -2.45. The number of nitrogens with two attached hydrogens (primary N) is 1. The van der Waals surface area contributed by atoms with Crippen LogP contribution in [0.3, 0.4) is 0 Å². The van der Waals surface area contributed by atoms with Crippen molar-refractivity contribution in [1.29, 1.82) is 0 Å². The summed E-state index contributed by atoms with van der Waals surface area (Å²) >= 11 is 19.1. The standard InChI is InChI=1S/C30H33Cl3N8O3S/c1-17-4-10-22(11-5-17)45(43,44)40-12-2-3-20(16-40)36-29-35-15-25-28(39-29)41(21-8-6-18(7-9-21)27(34)42)30(37-25)38-26-23(32)13-19(31)14-24(26)33/h4-5,10-11,13-15,18,20-21H,2-3,6-9,12,16H2,1H3,(H2,34,42)(H,37,38)(H,35,36,39)/t18-,20?,21+. The molecule has 0 spiro atoms. The van der Waals surface area contributed by atoms with E-state index in [1.165, 1.54) is 4.31 Å². The molecule has 2 aromatic heterocycles. The van der Waals surface area contributed by atoms with Crippen molar-refractivity contribution in [1.82, 2.24) is 23.8 Å². The molecule has 11 nitrogen and oxygen atoms in total. The molecule has 238 valence electrons. The summed E-state index contributed by atoms with van der Waals surface area (Å²) in [5, 5.41) is 7.71. The maximum Gasteiger partial charge on any atom is 0.243 e. The highest BCUT2D eigenvalue weighted by atomic mass is 35.5. The molecule has 2 aliphatic rings. The molecule has 3 heterocycles. The maximum atomic E-state index is 13.4. The van der Waals surface area contributed by atoms with Gasteiger partial charge in [0.1, 0.15) is 5.52 Å². The van der Waals surface area contributed by atoms with Crippen LogP contribution in [0.25, 0.3) is 11.2 Å². The summed E-state index contributed by atoms with van der Waals surface area (Å²) in [6, 6.07) is 9.86. The van der Waals surface area contributed by atoms with E-state index in [1.54, 1.807) is 42.6 Å². The molecule has 2 aromatic carbocycles. The molecule has 4 aromatic rings. The number of carbonyl (C=O) groups excluding carboxylic acids is 1. The van der Waals surface area contributed by atoms with Crippen molar-refractivity contribution in [2.24, 2.45) is 11.7 Å². The fourth-order valence-electron chi connectivity index (χ4n) is 6.11. The van der Waals surface area contributed by atoms with Gasteiger partial charge in [-0.25, -0.2) is 18.4 Å². The number of piperidine rings is 1. The van der Waals surface area contributed by atoms with Crippen molar-refractivity contribution in [2.75, 3.05) is 23.7 Å². The van der Waals surface area contributed by atoms with Gasteiger partial charge in [-0.05, 0) is 69.7 Å². The number of sulfonamides is 1. The predicted octanol–water partition coefficient (Wildman–Crippen LogP) is 6.32. The number of halogens is 3. The number of hydrogen-bond donors (Lipinski definition) is 3. The van der Waals surface area contributed by atoms with Crippen LogP contribution in [0, 0.1) is 12.8 Å². The number of carbonyl (C=O) groups is 1. The molecule has 0 radical (unpaired) electrons. The van der Waals surface area contributed by atoms with Gasteiger partial charge in [0.05, 0.1) is 26.8 Å². The molecule has 1 saturated heterocycles. The fourth-order valence-corrected chi connectivity index (χ4v) is 8.54. The van der Waals surface area contributed by atoms with Gasteiger partial charge in [-0.15, -0.1) is 0 Å². The zero-order valence-corrected chi connectivity index (χ0v) is 27.6. The van der Waals surface area contributed by atoms with Crippen molar-refractivity contribution in [2.45, 2.75) is 62.4 Å². The van der Waals surface area contributed by atoms with Gasteiger partial charge in [0.2, 0.25) is 27.8 Å². The molecule has 6 rings (SSSR count). The van der Waals surface area contributed by atoms with E-state index < -0.39 is 10.0 Å². The third-order valence-electron chi connectivity index (χ3n) is 8.52. The molecule has 1 atom stereocenters. The number of nitrogens with zero attached hydrogens (tertiary/aromatic N) is 5. The van der Waals surface area contributed by atoms with E-state index in [9.17, 15) is 13.2 Å². The van der Waals surface area contributed by atoms with E-state index in [-0.39, 0.29) is 35.3 Å². The van der Waals surface area contributed by atoms with Gasteiger partial charge in [-0.1, -0.05) is 52.5 Å². The summed E-state index contributed by atoms with van der Waals surface area (Å²) in [7, 11) is -3.64. The summed E-state index contributed by atoms with van der Waals surface area (Å²) in [5.74, 6) is 0.368. The Kier molecular flexibility index (Phi) is 9.13. The minimum atomic E-state index is -3.64. The van der Waals surface area contributed by atoms with Gasteiger partial charge in [0, 0.05) is 36.1 Å². The van der Waals surface area contributed by atoms with Gasteiger partial charge in [0.25, 0.3) is 0 Å². The number of rotatable bonds is 8. The van der Waals surface area contributed by atoms with Crippen molar-refractivity contribution < 1.29 is 13.2 Å². The quantitative estimate of drug-likeness (QED) is 0.195. The Balaban J connectivity index is 1.30. The van der Waals surface area contributed by atoms with Crippen molar-refractivity contribution in [3.63, 3.8) is 0 Å². The monoisotopic (exact) mass is 690 g/mol. The first-order chi connectivity index (χ1) is 21.5. The number of aromatic nitrogens is 4. The maximum absolute atomic E-state index is 13.4. The minimum Gasteiger partial charge on any atom is -0.369 e. The van der Waals surface area contributed by atoms with Crippen molar-refractivity contribution >= 4 is 79.5 Å². The lowest BCUT2D eigenvalue weighted by atomic mass is 9.85. The van der Waals surface area contributed by atoms with Crippen LogP contribution in [-0.2, 0) is 14.8 Å². The average molecular weight is 692 g/mol. The average Bonchev–Trinajstić information content (AvgIpc) is 3.36. The highest BCUT2D eigenvalue weighted by Gasteiger charge is 2.32. The largest absolute Gasteiger partial charge is 0.369 e. The number of aryl methyl sites for hydroxylation is 1. The molecule has 1 aliphatic carbocycles. The highest BCUT2D eigenvalue weighted by Crippen LogP contribution is 2.40. The number of fused-ring (bicyclic) bond motifs is 1. The van der Waals surface area contributed by atoms with Crippen LogP contribution in [0.4, 0.5) is 17.6 Å². The van der Waals surface area contributed by atoms with E-state index in [0.29, 0.717) is 82.5 Å². The number of benzene rings is 2. The van der Waals surface area contributed by atoms with Crippen molar-refractivity contribution in [3.05, 3.63) is 63.2 Å². The van der Waals surface area contributed by atoms with Gasteiger partial charge < -0.3 is 16.4 Å².